The van der Waals surface area contributed by atoms with Crippen LogP contribution in [0.1, 0.15) is 38.8 Å². The molecule has 1 N–H and O–H groups in total. The van der Waals surface area contributed by atoms with Crippen LogP contribution in [0, 0.1) is 0 Å². The topological polar surface area (TPSA) is 54.4 Å². The molecule has 3 heteroatoms. The lowest BCUT2D eigenvalue weighted by molar-refractivity contribution is 0.0695. The molecule has 0 saturated carbocycles. The first-order valence-corrected chi connectivity index (χ1v) is 5.99. The zero-order chi connectivity index (χ0) is 13.8. The van der Waals surface area contributed by atoms with Gasteiger partial charge in [0, 0.05) is 5.56 Å². The van der Waals surface area contributed by atoms with Crippen molar-refractivity contribution in [2.45, 2.75) is 13.3 Å². The van der Waals surface area contributed by atoms with Gasteiger partial charge in [-0.2, -0.15) is 0 Å². The van der Waals surface area contributed by atoms with Crippen LogP contribution in [0.3, 0.4) is 0 Å². The van der Waals surface area contributed by atoms with E-state index >= 15 is 0 Å². The first-order chi connectivity index (χ1) is 9.09. The van der Waals surface area contributed by atoms with Gasteiger partial charge in [0.1, 0.15) is 0 Å². The van der Waals surface area contributed by atoms with Crippen molar-refractivity contribution in [2.24, 2.45) is 0 Å². The number of Topliss-reactive ketones (excluding diaryl/α,β-unsaturated/α-hetero) is 1. The van der Waals surface area contributed by atoms with Crippen molar-refractivity contribution in [3.8, 4) is 0 Å². The second-order valence-corrected chi connectivity index (χ2v) is 4.35. The molecule has 0 spiro atoms. The van der Waals surface area contributed by atoms with Gasteiger partial charge in [-0.15, -0.1) is 0 Å². The van der Waals surface area contributed by atoms with Gasteiger partial charge in [-0.3, -0.25) is 4.79 Å². The highest BCUT2D eigenvalue weighted by atomic mass is 16.4. The van der Waals surface area contributed by atoms with Crippen molar-refractivity contribution in [1.82, 2.24) is 0 Å². The maximum atomic E-state index is 11.6. The molecule has 3 nitrogen and oxygen atoms in total. The Kier molecular flexibility index (Phi) is 3.76. The van der Waals surface area contributed by atoms with E-state index in [1.807, 2.05) is 18.2 Å². The van der Waals surface area contributed by atoms with Crippen LogP contribution in [0.4, 0.5) is 0 Å². The Bertz CT molecular complexity index is 574. The monoisotopic (exact) mass is 254 g/mol. The molecule has 0 atom stereocenters. The van der Waals surface area contributed by atoms with Crippen LogP contribution in [0.25, 0.3) is 0 Å². The van der Waals surface area contributed by atoms with E-state index in [1.165, 1.54) is 6.92 Å². The predicted molar refractivity (Wildman–Crippen MR) is 72.7 cm³/mol. The fraction of sp³-hybridized carbons (Fsp3) is 0.125. The molecule has 0 fully saturated rings. The number of carboxylic acids is 1. The van der Waals surface area contributed by atoms with Gasteiger partial charge in [-0.25, -0.2) is 4.79 Å². The Labute approximate surface area is 111 Å². The summed E-state index contributed by atoms with van der Waals surface area (Å²) < 4.78 is 0. The van der Waals surface area contributed by atoms with Gasteiger partial charge in [-0.05, 0) is 30.5 Å². The lowest BCUT2D eigenvalue weighted by atomic mass is 9.95. The molecule has 2 aromatic rings. The number of ketones is 1. The maximum Gasteiger partial charge on any atom is 0.335 e. The zero-order valence-corrected chi connectivity index (χ0v) is 10.6. The molecule has 0 aromatic heterocycles. The van der Waals surface area contributed by atoms with Crippen molar-refractivity contribution in [1.29, 1.82) is 0 Å². The molecule has 0 aliphatic rings. The second kappa shape index (κ2) is 5.48. The summed E-state index contributed by atoms with van der Waals surface area (Å²) in [6.45, 7) is 1.52. The van der Waals surface area contributed by atoms with E-state index in [-0.39, 0.29) is 11.3 Å². The number of carboxylic acid groups (broad SMARTS) is 1. The summed E-state index contributed by atoms with van der Waals surface area (Å²) in [6, 6.07) is 14.1. The van der Waals surface area contributed by atoms with Gasteiger partial charge >= 0.3 is 5.97 Å². The molecular weight excluding hydrogens is 240 g/mol. The predicted octanol–water partition coefficient (Wildman–Crippen LogP) is 3.18. The minimum Gasteiger partial charge on any atom is -0.478 e. The average Bonchev–Trinajstić information content (AvgIpc) is 2.39. The molecule has 0 aliphatic heterocycles. The Morgan fingerprint density at radius 3 is 1.89 bits per heavy atom. The third-order valence-electron chi connectivity index (χ3n) is 3.03. The average molecular weight is 254 g/mol. The quantitative estimate of drug-likeness (QED) is 0.852. The molecule has 0 saturated heterocycles. The Morgan fingerprint density at radius 2 is 1.37 bits per heavy atom. The van der Waals surface area contributed by atoms with Gasteiger partial charge in [0.05, 0.1) is 5.56 Å². The van der Waals surface area contributed by atoms with Crippen LogP contribution in [0.15, 0.2) is 48.5 Å². The number of hydrogen-bond acceptors (Lipinski definition) is 2. The Balaban J connectivity index is 2.42. The minimum absolute atomic E-state index is 0.0107. The van der Waals surface area contributed by atoms with Crippen LogP contribution >= 0.6 is 0 Å². The molecule has 0 amide bonds. The van der Waals surface area contributed by atoms with Crippen LogP contribution in [-0.2, 0) is 6.42 Å². The molecule has 0 aliphatic carbocycles. The molecule has 2 aromatic carbocycles. The number of carbonyl (C=O) groups is 2. The summed E-state index contributed by atoms with van der Waals surface area (Å²) in [5, 5.41) is 9.16. The van der Waals surface area contributed by atoms with E-state index in [4.69, 9.17) is 5.11 Å². The summed E-state index contributed by atoms with van der Waals surface area (Å²) in [6.07, 6.45) is 0.443. The van der Waals surface area contributed by atoms with Crippen LogP contribution in [0.5, 0.6) is 0 Å². The number of aromatic carboxylic acids is 1. The SMILES string of the molecule is CC(=O)c1ccccc1Cc1ccccc1C(=O)O. The van der Waals surface area contributed by atoms with Gasteiger partial charge in [0.2, 0.25) is 0 Å². The first-order valence-electron chi connectivity index (χ1n) is 5.99. The van der Waals surface area contributed by atoms with E-state index in [0.29, 0.717) is 17.5 Å². The Morgan fingerprint density at radius 1 is 0.895 bits per heavy atom. The highest BCUT2D eigenvalue weighted by molar-refractivity contribution is 5.96. The lowest BCUT2D eigenvalue weighted by Crippen LogP contribution is -2.05. The smallest absolute Gasteiger partial charge is 0.335 e. The van der Waals surface area contributed by atoms with E-state index < -0.39 is 5.97 Å². The van der Waals surface area contributed by atoms with Crippen molar-refractivity contribution < 1.29 is 14.7 Å². The summed E-state index contributed by atoms with van der Waals surface area (Å²) >= 11 is 0. The maximum absolute atomic E-state index is 11.6. The molecule has 0 bridgehead atoms. The lowest BCUT2D eigenvalue weighted by Gasteiger charge is -2.09. The fourth-order valence-corrected chi connectivity index (χ4v) is 2.11. The number of rotatable bonds is 4. The highest BCUT2D eigenvalue weighted by Gasteiger charge is 2.12. The highest BCUT2D eigenvalue weighted by Crippen LogP contribution is 2.18. The number of hydrogen-bond donors (Lipinski definition) is 1. The molecule has 2 rings (SSSR count). The summed E-state index contributed by atoms with van der Waals surface area (Å²) in [5.74, 6) is -0.959. The minimum atomic E-state index is -0.948. The van der Waals surface area contributed by atoms with Gasteiger partial charge in [0.15, 0.2) is 5.78 Å². The van der Waals surface area contributed by atoms with Gasteiger partial charge in [-0.1, -0.05) is 42.5 Å². The zero-order valence-electron chi connectivity index (χ0n) is 10.6. The van der Waals surface area contributed by atoms with E-state index in [2.05, 4.69) is 0 Å². The van der Waals surface area contributed by atoms with Crippen molar-refractivity contribution >= 4 is 11.8 Å². The summed E-state index contributed by atoms with van der Waals surface area (Å²) in [7, 11) is 0. The number of carbonyl (C=O) groups excluding carboxylic acids is 1. The molecule has 19 heavy (non-hydrogen) atoms. The van der Waals surface area contributed by atoms with E-state index in [0.717, 1.165) is 5.56 Å². The fourth-order valence-electron chi connectivity index (χ4n) is 2.11. The van der Waals surface area contributed by atoms with Gasteiger partial charge in [0.25, 0.3) is 0 Å². The van der Waals surface area contributed by atoms with Crippen molar-refractivity contribution in [2.75, 3.05) is 0 Å². The molecule has 96 valence electrons. The summed E-state index contributed by atoms with van der Waals surface area (Å²) in [4.78, 5) is 22.7. The molecule has 0 unspecified atom stereocenters. The molecular formula is C16H14O3. The van der Waals surface area contributed by atoms with Crippen molar-refractivity contribution in [3.63, 3.8) is 0 Å². The van der Waals surface area contributed by atoms with Crippen LogP contribution in [-0.4, -0.2) is 16.9 Å². The summed E-state index contributed by atoms with van der Waals surface area (Å²) in [5.41, 5.74) is 2.48. The van der Waals surface area contributed by atoms with Gasteiger partial charge < -0.3 is 5.11 Å². The van der Waals surface area contributed by atoms with E-state index in [1.54, 1.807) is 30.3 Å². The van der Waals surface area contributed by atoms with Crippen LogP contribution < -0.4 is 0 Å². The molecule has 0 heterocycles. The first kappa shape index (κ1) is 13.0. The normalized spacial score (nSPS) is 10.2. The molecule has 0 radical (unpaired) electrons. The van der Waals surface area contributed by atoms with E-state index in [9.17, 15) is 9.59 Å². The van der Waals surface area contributed by atoms with Crippen LogP contribution in [0.2, 0.25) is 0 Å². The third kappa shape index (κ3) is 2.88. The standard InChI is InChI=1S/C16H14O3/c1-11(17)14-8-4-2-6-12(14)10-13-7-3-5-9-15(13)16(18)19/h2-9H,10H2,1H3,(H,18,19). The number of benzene rings is 2. The largest absolute Gasteiger partial charge is 0.478 e. The Hall–Kier alpha value is -2.42. The van der Waals surface area contributed by atoms with Crippen molar-refractivity contribution in [3.05, 3.63) is 70.8 Å². The second-order valence-electron chi connectivity index (χ2n) is 4.35. The third-order valence-corrected chi connectivity index (χ3v) is 3.03.